The van der Waals surface area contributed by atoms with Crippen molar-refractivity contribution in [2.75, 3.05) is 5.32 Å². The van der Waals surface area contributed by atoms with E-state index in [2.05, 4.69) is 15.2 Å². The Morgan fingerprint density at radius 3 is 2.41 bits per heavy atom. The fourth-order valence-corrected chi connectivity index (χ4v) is 2.73. The van der Waals surface area contributed by atoms with Crippen LogP contribution in [0.4, 0.5) is 14.5 Å². The molecule has 7 heteroatoms. The third-order valence-corrected chi connectivity index (χ3v) is 4.06. The minimum Gasteiger partial charge on any atom is -0.435 e. The van der Waals surface area contributed by atoms with Crippen LogP contribution in [-0.2, 0) is 6.42 Å². The van der Waals surface area contributed by atoms with Gasteiger partial charge in [0.05, 0.1) is 23.1 Å². The molecule has 1 heterocycles. The number of aryl methyl sites for hydroxylation is 1. The van der Waals surface area contributed by atoms with Gasteiger partial charge >= 0.3 is 6.61 Å². The summed E-state index contributed by atoms with van der Waals surface area (Å²) in [6.45, 7) is 1.07. The standard InChI is InChI=1S/C20H19F2N3O2/c1-3-18-17(12-23-25(18)15-8-4-13(2)5-9-15)19(26)24-14-6-10-16(11-7-14)27-20(21)22/h4-12,20H,3H2,1-2H3,(H,24,26). The lowest BCUT2D eigenvalue weighted by atomic mass is 10.1. The van der Waals surface area contributed by atoms with Crippen molar-refractivity contribution in [2.24, 2.45) is 0 Å². The highest BCUT2D eigenvalue weighted by Crippen LogP contribution is 2.20. The number of carbonyl (C=O) groups is 1. The van der Waals surface area contributed by atoms with Gasteiger partial charge in [-0.15, -0.1) is 0 Å². The molecule has 140 valence electrons. The molecular formula is C20H19F2N3O2. The van der Waals surface area contributed by atoms with Gasteiger partial charge in [-0.25, -0.2) is 4.68 Å². The predicted octanol–water partition coefficient (Wildman–Crippen LogP) is 4.60. The highest BCUT2D eigenvalue weighted by atomic mass is 19.3. The first-order chi connectivity index (χ1) is 13.0. The molecule has 0 saturated heterocycles. The van der Waals surface area contributed by atoms with Gasteiger partial charge in [0.2, 0.25) is 0 Å². The molecule has 0 bridgehead atoms. The number of anilines is 1. The molecule has 0 fully saturated rings. The molecule has 1 N–H and O–H groups in total. The van der Waals surface area contributed by atoms with Gasteiger partial charge in [-0.3, -0.25) is 4.79 Å². The summed E-state index contributed by atoms with van der Waals surface area (Å²) in [6, 6.07) is 13.6. The molecule has 0 aliphatic rings. The van der Waals surface area contributed by atoms with Crippen molar-refractivity contribution in [3.05, 3.63) is 71.5 Å². The molecule has 0 spiro atoms. The Labute approximate surface area is 155 Å². The van der Waals surface area contributed by atoms with E-state index in [1.54, 1.807) is 4.68 Å². The summed E-state index contributed by atoms with van der Waals surface area (Å²) >= 11 is 0. The number of halogens is 2. The Kier molecular flexibility index (Phi) is 5.49. The quantitative estimate of drug-likeness (QED) is 0.689. The second kappa shape index (κ2) is 7.99. The van der Waals surface area contributed by atoms with Crippen LogP contribution < -0.4 is 10.1 Å². The molecule has 0 aliphatic heterocycles. The summed E-state index contributed by atoms with van der Waals surface area (Å²) < 4.78 is 30.4. The fourth-order valence-electron chi connectivity index (χ4n) is 2.73. The molecule has 3 rings (SSSR count). The van der Waals surface area contributed by atoms with Crippen LogP contribution in [-0.4, -0.2) is 22.3 Å². The molecule has 0 atom stereocenters. The predicted molar refractivity (Wildman–Crippen MR) is 98.7 cm³/mol. The lowest BCUT2D eigenvalue weighted by molar-refractivity contribution is -0.0498. The van der Waals surface area contributed by atoms with Crippen LogP contribution in [0.3, 0.4) is 0 Å². The van der Waals surface area contributed by atoms with E-state index in [0.29, 0.717) is 17.7 Å². The zero-order valence-corrected chi connectivity index (χ0v) is 14.9. The van der Waals surface area contributed by atoms with Crippen molar-refractivity contribution in [1.82, 2.24) is 9.78 Å². The van der Waals surface area contributed by atoms with Crippen molar-refractivity contribution in [2.45, 2.75) is 26.9 Å². The number of aromatic nitrogens is 2. The highest BCUT2D eigenvalue weighted by Gasteiger charge is 2.17. The summed E-state index contributed by atoms with van der Waals surface area (Å²) in [4.78, 5) is 12.6. The number of carbonyl (C=O) groups excluding carboxylic acids is 1. The van der Waals surface area contributed by atoms with E-state index in [9.17, 15) is 13.6 Å². The molecule has 3 aromatic rings. The smallest absolute Gasteiger partial charge is 0.387 e. The number of nitrogens with zero attached hydrogens (tertiary/aromatic N) is 2. The van der Waals surface area contributed by atoms with Gasteiger partial charge in [-0.1, -0.05) is 24.6 Å². The Hall–Kier alpha value is -3.22. The molecule has 0 unspecified atom stereocenters. The lowest BCUT2D eigenvalue weighted by Gasteiger charge is -2.09. The number of rotatable bonds is 6. The summed E-state index contributed by atoms with van der Waals surface area (Å²) in [5, 5.41) is 7.10. The Bertz CT molecular complexity index is 919. The van der Waals surface area contributed by atoms with Crippen molar-refractivity contribution >= 4 is 11.6 Å². The van der Waals surface area contributed by atoms with Gasteiger partial charge in [0.15, 0.2) is 0 Å². The van der Waals surface area contributed by atoms with Crippen molar-refractivity contribution in [1.29, 1.82) is 0 Å². The van der Waals surface area contributed by atoms with E-state index in [4.69, 9.17) is 0 Å². The number of hydrogen-bond acceptors (Lipinski definition) is 3. The number of nitrogens with one attached hydrogen (secondary N) is 1. The molecule has 0 saturated carbocycles. The number of amides is 1. The van der Waals surface area contributed by atoms with Crippen molar-refractivity contribution in [3.8, 4) is 11.4 Å². The maximum atomic E-state index is 12.6. The number of benzene rings is 2. The monoisotopic (exact) mass is 371 g/mol. The van der Waals surface area contributed by atoms with Gasteiger partial charge < -0.3 is 10.1 Å². The van der Waals surface area contributed by atoms with Gasteiger partial charge in [0, 0.05) is 5.69 Å². The summed E-state index contributed by atoms with van der Waals surface area (Å²) in [7, 11) is 0. The van der Waals surface area contributed by atoms with E-state index >= 15 is 0 Å². The van der Waals surface area contributed by atoms with Crippen LogP contribution in [0.2, 0.25) is 0 Å². The molecule has 0 aliphatic carbocycles. The Morgan fingerprint density at radius 2 is 1.81 bits per heavy atom. The Morgan fingerprint density at radius 1 is 1.15 bits per heavy atom. The zero-order valence-electron chi connectivity index (χ0n) is 14.9. The van der Waals surface area contributed by atoms with Crippen LogP contribution in [0.5, 0.6) is 5.75 Å². The second-order valence-electron chi connectivity index (χ2n) is 5.96. The van der Waals surface area contributed by atoms with E-state index in [1.807, 2.05) is 38.1 Å². The van der Waals surface area contributed by atoms with E-state index in [1.165, 1.54) is 30.5 Å². The second-order valence-corrected chi connectivity index (χ2v) is 5.96. The topological polar surface area (TPSA) is 56.1 Å². The van der Waals surface area contributed by atoms with E-state index < -0.39 is 6.61 Å². The van der Waals surface area contributed by atoms with Crippen LogP contribution in [0.15, 0.2) is 54.7 Å². The average molecular weight is 371 g/mol. The third kappa shape index (κ3) is 4.31. The first-order valence-electron chi connectivity index (χ1n) is 8.48. The fraction of sp³-hybridized carbons (Fsp3) is 0.200. The number of alkyl halides is 2. The average Bonchev–Trinajstić information content (AvgIpc) is 3.07. The van der Waals surface area contributed by atoms with Gasteiger partial charge in [0.25, 0.3) is 5.91 Å². The Balaban J connectivity index is 1.80. The van der Waals surface area contributed by atoms with Gasteiger partial charge in [-0.2, -0.15) is 13.9 Å². The van der Waals surface area contributed by atoms with Crippen LogP contribution in [0.1, 0.15) is 28.5 Å². The van der Waals surface area contributed by atoms with Crippen LogP contribution >= 0.6 is 0 Å². The van der Waals surface area contributed by atoms with Crippen molar-refractivity contribution in [3.63, 3.8) is 0 Å². The number of ether oxygens (including phenoxy) is 1. The summed E-state index contributed by atoms with van der Waals surface area (Å²) in [5.74, 6) is -0.280. The third-order valence-electron chi connectivity index (χ3n) is 4.06. The largest absolute Gasteiger partial charge is 0.435 e. The van der Waals surface area contributed by atoms with Gasteiger partial charge in [0.1, 0.15) is 5.75 Å². The normalized spacial score (nSPS) is 10.9. The number of hydrogen-bond donors (Lipinski definition) is 1. The van der Waals surface area contributed by atoms with E-state index in [-0.39, 0.29) is 11.7 Å². The van der Waals surface area contributed by atoms with Crippen molar-refractivity contribution < 1.29 is 18.3 Å². The summed E-state index contributed by atoms with van der Waals surface area (Å²) in [5.41, 5.74) is 3.75. The summed E-state index contributed by atoms with van der Waals surface area (Å²) in [6.07, 6.45) is 2.15. The molecule has 2 aromatic carbocycles. The van der Waals surface area contributed by atoms with Gasteiger partial charge in [-0.05, 0) is 49.7 Å². The maximum Gasteiger partial charge on any atom is 0.387 e. The first kappa shape index (κ1) is 18.6. The molecule has 5 nitrogen and oxygen atoms in total. The minimum absolute atomic E-state index is 0.0319. The highest BCUT2D eigenvalue weighted by molar-refractivity contribution is 6.05. The van der Waals surface area contributed by atoms with Crippen LogP contribution in [0, 0.1) is 6.92 Å². The molecule has 27 heavy (non-hydrogen) atoms. The van der Waals surface area contributed by atoms with Crippen LogP contribution in [0.25, 0.3) is 5.69 Å². The van der Waals surface area contributed by atoms with E-state index in [0.717, 1.165) is 16.9 Å². The zero-order chi connectivity index (χ0) is 19.4. The molecule has 1 aromatic heterocycles. The molecular weight excluding hydrogens is 352 g/mol. The first-order valence-corrected chi connectivity index (χ1v) is 8.48. The molecule has 1 amide bonds. The SMILES string of the molecule is CCc1c(C(=O)Nc2ccc(OC(F)F)cc2)cnn1-c1ccc(C)cc1. The maximum absolute atomic E-state index is 12.6. The lowest BCUT2D eigenvalue weighted by Crippen LogP contribution is -2.14. The minimum atomic E-state index is -2.88. The molecule has 0 radical (unpaired) electrons.